The van der Waals surface area contributed by atoms with Crippen LogP contribution in [-0.2, 0) is 4.79 Å². The summed E-state index contributed by atoms with van der Waals surface area (Å²) in [5.41, 5.74) is 0. The molecule has 0 bridgehead atoms. The van der Waals surface area contributed by atoms with E-state index in [0.717, 1.165) is 25.9 Å². The molecular formula is C14H26N2O3. The zero-order valence-corrected chi connectivity index (χ0v) is 12.0. The van der Waals surface area contributed by atoms with Gasteiger partial charge < -0.3 is 15.3 Å². The summed E-state index contributed by atoms with van der Waals surface area (Å²) in [5, 5.41) is 11.5. The largest absolute Gasteiger partial charge is 0.481 e. The summed E-state index contributed by atoms with van der Waals surface area (Å²) >= 11 is 0. The standard InChI is InChI=1S/C14H26N2O3/c1-11-5-4-9-16(10-8-11)14(19)15-12(2)6-3-7-13(17)18/h11-12H,3-10H2,1-2H3,(H,15,19)(H,17,18). The second-order valence-corrected chi connectivity index (χ2v) is 5.66. The molecule has 1 aliphatic heterocycles. The molecule has 0 radical (unpaired) electrons. The normalized spacial score (nSPS) is 21.6. The summed E-state index contributed by atoms with van der Waals surface area (Å²) in [6.07, 6.45) is 4.82. The number of carbonyl (C=O) groups is 2. The molecule has 0 spiro atoms. The first-order valence-electron chi connectivity index (χ1n) is 7.26. The number of urea groups is 1. The number of hydrogen-bond donors (Lipinski definition) is 2. The fraction of sp³-hybridized carbons (Fsp3) is 0.857. The molecular weight excluding hydrogens is 244 g/mol. The molecule has 0 aliphatic carbocycles. The van der Waals surface area contributed by atoms with Crippen LogP contribution in [0.3, 0.4) is 0 Å². The Kier molecular flexibility index (Phi) is 6.67. The molecule has 5 heteroatoms. The van der Waals surface area contributed by atoms with Gasteiger partial charge in [-0.15, -0.1) is 0 Å². The van der Waals surface area contributed by atoms with E-state index in [1.165, 1.54) is 6.42 Å². The van der Waals surface area contributed by atoms with Crippen LogP contribution in [0.1, 0.15) is 52.4 Å². The minimum Gasteiger partial charge on any atom is -0.481 e. The third kappa shape index (κ3) is 6.45. The molecule has 0 saturated carbocycles. The molecule has 5 nitrogen and oxygen atoms in total. The van der Waals surface area contributed by atoms with Gasteiger partial charge in [0.05, 0.1) is 0 Å². The summed E-state index contributed by atoms with van der Waals surface area (Å²) in [6, 6.07) is 0.0319. The van der Waals surface area contributed by atoms with Gasteiger partial charge in [-0.1, -0.05) is 6.92 Å². The van der Waals surface area contributed by atoms with Crippen molar-refractivity contribution in [2.75, 3.05) is 13.1 Å². The molecule has 1 aliphatic rings. The topological polar surface area (TPSA) is 69.6 Å². The zero-order chi connectivity index (χ0) is 14.3. The Balaban J connectivity index is 2.26. The molecule has 2 N–H and O–H groups in total. The second-order valence-electron chi connectivity index (χ2n) is 5.66. The van der Waals surface area contributed by atoms with Crippen molar-refractivity contribution < 1.29 is 14.7 Å². The van der Waals surface area contributed by atoms with Gasteiger partial charge in [-0.05, 0) is 44.9 Å². The molecule has 1 rings (SSSR count). The van der Waals surface area contributed by atoms with Gasteiger partial charge in [0.15, 0.2) is 0 Å². The van der Waals surface area contributed by atoms with E-state index in [1.54, 1.807) is 0 Å². The number of amides is 2. The summed E-state index contributed by atoms with van der Waals surface area (Å²) < 4.78 is 0. The molecule has 110 valence electrons. The fourth-order valence-electron chi connectivity index (χ4n) is 2.40. The Bertz CT molecular complexity index is 307. The van der Waals surface area contributed by atoms with Crippen molar-refractivity contribution in [2.45, 2.75) is 58.4 Å². The Morgan fingerprint density at radius 2 is 2.11 bits per heavy atom. The third-order valence-electron chi connectivity index (χ3n) is 3.70. The average Bonchev–Trinajstić information content (AvgIpc) is 2.53. The van der Waals surface area contributed by atoms with Crippen LogP contribution in [0.4, 0.5) is 4.79 Å². The van der Waals surface area contributed by atoms with E-state index in [-0.39, 0.29) is 18.5 Å². The van der Waals surface area contributed by atoms with Crippen LogP contribution in [-0.4, -0.2) is 41.1 Å². The van der Waals surface area contributed by atoms with Crippen molar-refractivity contribution in [3.05, 3.63) is 0 Å². The molecule has 19 heavy (non-hydrogen) atoms. The molecule has 2 unspecified atom stereocenters. The van der Waals surface area contributed by atoms with E-state index in [1.807, 2.05) is 11.8 Å². The highest BCUT2D eigenvalue weighted by molar-refractivity contribution is 5.74. The van der Waals surface area contributed by atoms with E-state index < -0.39 is 5.97 Å². The molecule has 1 heterocycles. The van der Waals surface area contributed by atoms with Gasteiger partial charge in [0.1, 0.15) is 0 Å². The first kappa shape index (κ1) is 15.8. The van der Waals surface area contributed by atoms with Gasteiger partial charge in [0.25, 0.3) is 0 Å². The number of hydrogen-bond acceptors (Lipinski definition) is 2. The first-order chi connectivity index (χ1) is 8.99. The molecule has 1 fully saturated rings. The number of carbonyl (C=O) groups excluding carboxylic acids is 1. The lowest BCUT2D eigenvalue weighted by molar-refractivity contribution is -0.137. The van der Waals surface area contributed by atoms with E-state index in [9.17, 15) is 9.59 Å². The SMILES string of the molecule is CC1CCCN(C(=O)NC(C)CCCC(=O)O)CC1. The lowest BCUT2D eigenvalue weighted by Gasteiger charge is -2.23. The van der Waals surface area contributed by atoms with Crippen molar-refractivity contribution in [1.29, 1.82) is 0 Å². The maximum absolute atomic E-state index is 12.1. The van der Waals surface area contributed by atoms with Crippen molar-refractivity contribution in [1.82, 2.24) is 10.2 Å². The number of likely N-dealkylation sites (tertiary alicyclic amines) is 1. The molecule has 2 amide bonds. The number of aliphatic carboxylic acids is 1. The average molecular weight is 270 g/mol. The van der Waals surface area contributed by atoms with Crippen LogP contribution in [0.15, 0.2) is 0 Å². The predicted molar refractivity (Wildman–Crippen MR) is 74.1 cm³/mol. The Hall–Kier alpha value is -1.26. The van der Waals surface area contributed by atoms with Crippen LogP contribution in [0.5, 0.6) is 0 Å². The monoisotopic (exact) mass is 270 g/mol. The highest BCUT2D eigenvalue weighted by Crippen LogP contribution is 2.16. The molecule has 1 saturated heterocycles. The van der Waals surface area contributed by atoms with Crippen molar-refractivity contribution in [2.24, 2.45) is 5.92 Å². The van der Waals surface area contributed by atoms with Gasteiger partial charge in [-0.25, -0.2) is 4.79 Å². The quantitative estimate of drug-likeness (QED) is 0.806. The highest BCUT2D eigenvalue weighted by atomic mass is 16.4. The Morgan fingerprint density at radius 1 is 1.37 bits per heavy atom. The maximum atomic E-state index is 12.1. The van der Waals surface area contributed by atoms with Gasteiger partial charge in [0, 0.05) is 25.6 Å². The Morgan fingerprint density at radius 3 is 2.79 bits per heavy atom. The minimum absolute atomic E-state index is 0.00285. The predicted octanol–water partition coefficient (Wildman–Crippen LogP) is 2.46. The highest BCUT2D eigenvalue weighted by Gasteiger charge is 2.19. The molecule has 0 aromatic carbocycles. The number of nitrogens with one attached hydrogen (secondary N) is 1. The number of carboxylic acid groups (broad SMARTS) is 1. The number of carboxylic acids is 1. The lowest BCUT2D eigenvalue weighted by Crippen LogP contribution is -2.44. The molecule has 2 atom stereocenters. The fourth-order valence-corrected chi connectivity index (χ4v) is 2.40. The second kappa shape index (κ2) is 8.02. The first-order valence-corrected chi connectivity index (χ1v) is 7.26. The van der Waals surface area contributed by atoms with Gasteiger partial charge in [-0.2, -0.15) is 0 Å². The van der Waals surface area contributed by atoms with Crippen molar-refractivity contribution in [3.8, 4) is 0 Å². The number of rotatable bonds is 5. The van der Waals surface area contributed by atoms with Crippen LogP contribution in [0.25, 0.3) is 0 Å². The van der Waals surface area contributed by atoms with Crippen LogP contribution >= 0.6 is 0 Å². The summed E-state index contributed by atoms with van der Waals surface area (Å²) in [4.78, 5) is 24.4. The van der Waals surface area contributed by atoms with Gasteiger partial charge in [0.2, 0.25) is 0 Å². The summed E-state index contributed by atoms with van der Waals surface area (Å²) in [6.45, 7) is 5.82. The van der Waals surface area contributed by atoms with Crippen LogP contribution < -0.4 is 5.32 Å². The van der Waals surface area contributed by atoms with Crippen LogP contribution in [0, 0.1) is 5.92 Å². The Labute approximate surface area is 115 Å². The number of nitrogens with zero attached hydrogens (tertiary/aromatic N) is 1. The van der Waals surface area contributed by atoms with E-state index >= 15 is 0 Å². The zero-order valence-electron chi connectivity index (χ0n) is 12.0. The van der Waals surface area contributed by atoms with Crippen LogP contribution in [0.2, 0.25) is 0 Å². The smallest absolute Gasteiger partial charge is 0.317 e. The lowest BCUT2D eigenvalue weighted by atomic mass is 10.0. The van der Waals surface area contributed by atoms with Gasteiger partial charge >= 0.3 is 12.0 Å². The molecule has 0 aromatic heterocycles. The molecule has 0 aromatic rings. The minimum atomic E-state index is -0.778. The van der Waals surface area contributed by atoms with E-state index in [0.29, 0.717) is 18.8 Å². The van der Waals surface area contributed by atoms with Crippen molar-refractivity contribution >= 4 is 12.0 Å². The summed E-state index contributed by atoms with van der Waals surface area (Å²) in [5.74, 6) is -0.0779. The van der Waals surface area contributed by atoms with Crippen molar-refractivity contribution in [3.63, 3.8) is 0 Å². The van der Waals surface area contributed by atoms with E-state index in [4.69, 9.17) is 5.11 Å². The van der Waals surface area contributed by atoms with Gasteiger partial charge in [-0.3, -0.25) is 4.79 Å². The maximum Gasteiger partial charge on any atom is 0.317 e. The van der Waals surface area contributed by atoms with E-state index in [2.05, 4.69) is 12.2 Å². The third-order valence-corrected chi connectivity index (χ3v) is 3.70. The summed E-state index contributed by atoms with van der Waals surface area (Å²) in [7, 11) is 0.